The van der Waals surface area contributed by atoms with E-state index in [1.165, 1.54) is 6.07 Å². The molecule has 3 rings (SSSR count). The smallest absolute Gasteiger partial charge is 0.339 e. The molecule has 7 heteroatoms. The van der Waals surface area contributed by atoms with Gasteiger partial charge in [-0.15, -0.1) is 5.11 Å². The molecule has 0 bridgehead atoms. The van der Waals surface area contributed by atoms with Gasteiger partial charge in [0.1, 0.15) is 11.3 Å². The maximum atomic E-state index is 11.3. The van der Waals surface area contributed by atoms with Crippen molar-refractivity contribution in [2.24, 2.45) is 10.2 Å². The fourth-order valence-electron chi connectivity index (χ4n) is 2.20. The zero-order valence-corrected chi connectivity index (χ0v) is 13.8. The normalized spacial score (nSPS) is 10.7. The summed E-state index contributed by atoms with van der Waals surface area (Å²) in [6.45, 7) is 0. The van der Waals surface area contributed by atoms with Crippen molar-refractivity contribution >= 4 is 39.7 Å². The third-order valence-corrected chi connectivity index (χ3v) is 3.57. The van der Waals surface area contributed by atoms with Crippen molar-refractivity contribution in [2.75, 3.05) is 0 Å². The monoisotopic (exact) mass is 389 g/mol. The zero-order valence-electron chi connectivity index (χ0n) is 12.1. The number of phenols is 1. The van der Waals surface area contributed by atoms with Crippen LogP contribution < -0.4 is 0 Å². The van der Waals surface area contributed by atoms with E-state index in [0.717, 1.165) is 0 Å². The Hall–Kier alpha value is -2.40. The summed E-state index contributed by atoms with van der Waals surface area (Å²) < 4.78 is 0. The molecule has 3 aromatic rings. The van der Waals surface area contributed by atoms with E-state index in [9.17, 15) is 15.0 Å². The van der Waals surface area contributed by atoms with Crippen LogP contribution >= 0.6 is 11.6 Å². The van der Waals surface area contributed by atoms with Crippen molar-refractivity contribution < 1.29 is 32.1 Å². The Morgan fingerprint density at radius 2 is 1.67 bits per heavy atom. The predicted octanol–water partition coefficient (Wildman–Crippen LogP) is 5.31. The molecule has 0 unspecified atom stereocenters. The molecule has 0 amide bonds. The molecule has 0 fully saturated rings. The van der Waals surface area contributed by atoms with E-state index in [4.69, 9.17) is 11.6 Å². The van der Waals surface area contributed by atoms with E-state index < -0.39 is 11.7 Å². The summed E-state index contributed by atoms with van der Waals surface area (Å²) in [5.41, 5.74) is 0.447. The van der Waals surface area contributed by atoms with Crippen LogP contribution in [0.2, 0.25) is 5.02 Å². The minimum absolute atomic E-state index is 0. The van der Waals surface area contributed by atoms with Gasteiger partial charge in [-0.3, -0.25) is 0 Å². The Labute approximate surface area is 153 Å². The summed E-state index contributed by atoms with van der Waals surface area (Å²) in [6.07, 6.45) is 0. The first-order valence-corrected chi connectivity index (χ1v) is 7.09. The van der Waals surface area contributed by atoms with Gasteiger partial charge in [-0.2, -0.15) is 5.11 Å². The van der Waals surface area contributed by atoms with Crippen LogP contribution in [0, 0.1) is 0 Å². The summed E-state index contributed by atoms with van der Waals surface area (Å²) in [4.78, 5) is 11.3. The molecule has 0 saturated carbocycles. The van der Waals surface area contributed by atoms with Gasteiger partial charge in [-0.1, -0.05) is 35.9 Å². The van der Waals surface area contributed by atoms with Crippen molar-refractivity contribution in [1.29, 1.82) is 0 Å². The molecule has 0 atom stereocenters. The number of azo groups is 1. The number of carbonyl (C=O) groups is 1. The summed E-state index contributed by atoms with van der Waals surface area (Å²) >= 11 is 5.81. The number of fused-ring (bicyclic) bond motifs is 1. The van der Waals surface area contributed by atoms with E-state index >= 15 is 0 Å². The Morgan fingerprint density at radius 1 is 1.00 bits per heavy atom. The molecule has 0 aromatic heterocycles. The zero-order chi connectivity index (χ0) is 16.4. The quantitative estimate of drug-likeness (QED) is 0.470. The van der Waals surface area contributed by atoms with Crippen molar-refractivity contribution in [3.63, 3.8) is 0 Å². The second-order valence-electron chi connectivity index (χ2n) is 4.82. The van der Waals surface area contributed by atoms with Crippen LogP contribution in [0.3, 0.4) is 0 Å². The number of hydrogen-bond donors (Lipinski definition) is 2. The van der Waals surface area contributed by atoms with Crippen LogP contribution in [-0.4, -0.2) is 16.2 Å². The molecule has 3 aromatic carbocycles. The number of carboxylic acids is 1. The van der Waals surface area contributed by atoms with E-state index in [1.807, 2.05) is 0 Å². The number of benzene rings is 3. The molecule has 0 heterocycles. The Morgan fingerprint density at radius 3 is 2.33 bits per heavy atom. The number of hydrogen-bond acceptors (Lipinski definition) is 4. The fraction of sp³-hybridized carbons (Fsp3) is 0. The molecular weight excluding hydrogens is 379 g/mol. The number of aromatic hydroxyl groups is 1. The van der Waals surface area contributed by atoms with Gasteiger partial charge in [-0.25, -0.2) is 4.79 Å². The maximum Gasteiger partial charge on any atom is 0.339 e. The summed E-state index contributed by atoms with van der Waals surface area (Å²) in [6, 6.07) is 15.2. The molecule has 0 aliphatic rings. The third-order valence-electron chi connectivity index (χ3n) is 3.32. The Balaban J connectivity index is 0.00000208. The van der Waals surface area contributed by atoms with Crippen LogP contribution in [0.15, 0.2) is 64.8 Å². The van der Waals surface area contributed by atoms with Gasteiger partial charge < -0.3 is 10.2 Å². The minimum atomic E-state index is -1.23. The summed E-state index contributed by atoms with van der Waals surface area (Å²) in [7, 11) is 0. The maximum absolute atomic E-state index is 11.3. The van der Waals surface area contributed by atoms with Crippen LogP contribution in [-0.2, 0) is 17.1 Å². The Bertz CT molecular complexity index is 927. The number of halogens is 1. The molecular formula is C17H11ClCuN2O3. The molecule has 0 spiro atoms. The van der Waals surface area contributed by atoms with Gasteiger partial charge in [0.2, 0.25) is 0 Å². The Kier molecular flexibility index (Phi) is 5.57. The predicted molar refractivity (Wildman–Crippen MR) is 88.2 cm³/mol. The van der Waals surface area contributed by atoms with E-state index in [2.05, 4.69) is 10.2 Å². The number of carboxylic acid groups (broad SMARTS) is 1. The summed E-state index contributed by atoms with van der Waals surface area (Å²) in [5.74, 6) is -1.63. The average molecular weight is 390 g/mol. The van der Waals surface area contributed by atoms with E-state index in [-0.39, 0.29) is 28.3 Å². The molecule has 125 valence electrons. The third kappa shape index (κ3) is 3.57. The van der Waals surface area contributed by atoms with Gasteiger partial charge in [0.15, 0.2) is 5.75 Å². The molecule has 0 saturated heterocycles. The van der Waals surface area contributed by atoms with Crippen LogP contribution in [0.4, 0.5) is 11.4 Å². The molecule has 0 aliphatic carbocycles. The molecule has 5 nitrogen and oxygen atoms in total. The van der Waals surface area contributed by atoms with E-state index in [1.54, 1.807) is 48.5 Å². The van der Waals surface area contributed by atoms with Crippen LogP contribution in [0.25, 0.3) is 10.8 Å². The number of nitrogens with zero attached hydrogens (tertiary/aromatic N) is 2. The van der Waals surface area contributed by atoms with Gasteiger partial charge in [-0.05, 0) is 35.7 Å². The van der Waals surface area contributed by atoms with Gasteiger partial charge in [0.25, 0.3) is 0 Å². The van der Waals surface area contributed by atoms with Crippen molar-refractivity contribution in [3.05, 3.63) is 65.2 Å². The second-order valence-corrected chi connectivity index (χ2v) is 5.26. The standard InChI is InChI=1S/C17H11ClN2O3.Cu/c18-11-5-7-12(8-6-11)19-20-15-13-4-2-1-3-10(13)9-14(16(15)21)17(22)23;/h1-9,21H,(H,22,23);. The van der Waals surface area contributed by atoms with Crippen LogP contribution in [0.5, 0.6) is 5.75 Å². The van der Waals surface area contributed by atoms with E-state index in [0.29, 0.717) is 21.5 Å². The van der Waals surface area contributed by atoms with Gasteiger partial charge in [0.05, 0.1) is 5.69 Å². The molecule has 24 heavy (non-hydrogen) atoms. The van der Waals surface area contributed by atoms with Crippen LogP contribution in [0.1, 0.15) is 10.4 Å². The first kappa shape index (κ1) is 17.9. The number of aromatic carboxylic acids is 1. The molecule has 2 N–H and O–H groups in total. The molecule has 1 radical (unpaired) electrons. The largest absolute Gasteiger partial charge is 0.505 e. The minimum Gasteiger partial charge on any atom is -0.505 e. The van der Waals surface area contributed by atoms with Crippen molar-refractivity contribution in [2.45, 2.75) is 0 Å². The first-order chi connectivity index (χ1) is 11.1. The second kappa shape index (κ2) is 7.45. The van der Waals surface area contributed by atoms with Crippen molar-refractivity contribution in [1.82, 2.24) is 0 Å². The summed E-state index contributed by atoms with van der Waals surface area (Å²) in [5, 5.41) is 29.4. The van der Waals surface area contributed by atoms with Gasteiger partial charge >= 0.3 is 5.97 Å². The molecule has 0 aliphatic heterocycles. The number of rotatable bonds is 3. The average Bonchev–Trinajstić information content (AvgIpc) is 2.55. The first-order valence-electron chi connectivity index (χ1n) is 6.71. The fourth-order valence-corrected chi connectivity index (χ4v) is 2.32. The topological polar surface area (TPSA) is 82.2 Å². The van der Waals surface area contributed by atoms with Gasteiger partial charge in [0, 0.05) is 27.5 Å². The SMILES string of the molecule is O=C(O)c1cc2ccccc2c(N=Nc2ccc(Cl)cc2)c1O.[Cu]. The van der Waals surface area contributed by atoms with Crippen molar-refractivity contribution in [3.8, 4) is 5.75 Å².